The summed E-state index contributed by atoms with van der Waals surface area (Å²) in [4.78, 5) is 2.42. The highest BCUT2D eigenvalue weighted by molar-refractivity contribution is 6.40. The summed E-state index contributed by atoms with van der Waals surface area (Å²) in [6.07, 6.45) is 0. The van der Waals surface area contributed by atoms with Gasteiger partial charge in [0.2, 0.25) is 0 Å². The zero-order valence-corrected chi connectivity index (χ0v) is 31.3. The van der Waals surface area contributed by atoms with Crippen molar-refractivity contribution in [2.45, 2.75) is 0 Å². The van der Waals surface area contributed by atoms with Crippen molar-refractivity contribution >= 4 is 115 Å². The van der Waals surface area contributed by atoms with E-state index in [1.807, 2.05) is 0 Å². The van der Waals surface area contributed by atoms with Gasteiger partial charge in [-0.15, -0.1) is 0 Å². The van der Waals surface area contributed by atoms with E-state index in [-0.39, 0.29) is 0 Å². The minimum Gasteiger partial charge on any atom is -0.310 e. The molecule has 0 amide bonds. The summed E-state index contributed by atoms with van der Waals surface area (Å²) >= 11 is 0. The maximum Gasteiger partial charge on any atom is 0.0641 e. The third-order valence-corrected chi connectivity index (χ3v) is 12.8. The lowest BCUT2D eigenvalue weighted by molar-refractivity contribution is 1.18. The van der Waals surface area contributed by atoms with E-state index in [4.69, 9.17) is 0 Å². The quantitative estimate of drug-likeness (QED) is 0.176. The van der Waals surface area contributed by atoms with Crippen molar-refractivity contribution in [3.05, 3.63) is 194 Å². The maximum atomic E-state index is 2.59. The molecule has 0 saturated carbocycles. The molecule has 5 heterocycles. The van der Waals surface area contributed by atoms with Gasteiger partial charge in [-0.2, -0.15) is 0 Å². The molecular formula is C54H32N4. The molecule has 4 nitrogen and oxygen atoms in total. The van der Waals surface area contributed by atoms with Crippen molar-refractivity contribution in [1.82, 2.24) is 13.4 Å². The largest absolute Gasteiger partial charge is 0.310 e. The number of nitrogens with zero attached hydrogens (tertiary/aromatic N) is 4. The van der Waals surface area contributed by atoms with Gasteiger partial charge in [-0.05, 0) is 72.8 Å². The Morgan fingerprint density at radius 2 is 0.810 bits per heavy atom. The van der Waals surface area contributed by atoms with Crippen LogP contribution in [0.4, 0.5) is 17.1 Å². The van der Waals surface area contributed by atoms with Gasteiger partial charge >= 0.3 is 0 Å². The molecule has 0 unspecified atom stereocenters. The Balaban J connectivity index is 1.19. The van der Waals surface area contributed by atoms with Crippen molar-refractivity contribution < 1.29 is 0 Å². The average molecular weight is 737 g/mol. The molecule has 0 radical (unpaired) electrons. The molecular weight excluding hydrogens is 705 g/mol. The fourth-order valence-electron chi connectivity index (χ4n) is 10.7. The van der Waals surface area contributed by atoms with E-state index in [1.54, 1.807) is 0 Å². The van der Waals surface area contributed by atoms with Gasteiger partial charge in [0, 0.05) is 70.9 Å². The summed E-state index contributed by atoms with van der Waals surface area (Å²) in [5.74, 6) is 0. The Morgan fingerprint density at radius 1 is 0.293 bits per heavy atom. The Morgan fingerprint density at radius 3 is 1.50 bits per heavy atom. The van der Waals surface area contributed by atoms with Gasteiger partial charge in [-0.3, -0.25) is 0 Å². The van der Waals surface area contributed by atoms with E-state index >= 15 is 0 Å². The molecule has 268 valence electrons. The Labute approximate surface area is 331 Å². The summed E-state index contributed by atoms with van der Waals surface area (Å²) in [6.45, 7) is 0. The van der Waals surface area contributed by atoms with E-state index < -0.39 is 0 Å². The molecule has 0 spiro atoms. The Kier molecular flexibility index (Phi) is 5.73. The van der Waals surface area contributed by atoms with Crippen LogP contribution in [0.5, 0.6) is 0 Å². The molecule has 4 heteroatoms. The standard InChI is InChI=1S/C54H32N4/c1-4-16-33(17-5-1)55(34-18-6-2-7-19-34)45-31-29-40-48-47(57-43-26-14-11-23-38(43)49(45)53(40)57)32-41-36-28-30-46-50(52(36)58-44-27-15-12-24-39(44)51(48)54(41)58)37-22-10-13-25-42(37)56(46)35-20-8-3-9-21-35/h1-32H. The zero-order chi connectivity index (χ0) is 37.6. The number of hydrogen-bond donors (Lipinski definition) is 0. The third kappa shape index (κ3) is 3.66. The lowest BCUT2D eigenvalue weighted by Crippen LogP contribution is -2.10. The van der Waals surface area contributed by atoms with Crippen molar-refractivity contribution in [2.75, 3.05) is 4.90 Å². The van der Waals surface area contributed by atoms with Crippen LogP contribution in [0.2, 0.25) is 0 Å². The van der Waals surface area contributed by atoms with Crippen LogP contribution in [0.3, 0.4) is 0 Å². The molecule has 0 saturated heterocycles. The van der Waals surface area contributed by atoms with E-state index in [9.17, 15) is 0 Å². The van der Waals surface area contributed by atoms with Gasteiger partial charge < -0.3 is 18.3 Å². The number of para-hydroxylation sites is 6. The van der Waals surface area contributed by atoms with Crippen molar-refractivity contribution in [1.29, 1.82) is 0 Å². The first-order chi connectivity index (χ1) is 28.8. The number of hydrogen-bond acceptors (Lipinski definition) is 1. The van der Waals surface area contributed by atoms with Crippen molar-refractivity contribution in [2.24, 2.45) is 0 Å². The van der Waals surface area contributed by atoms with Gasteiger partial charge in [0.15, 0.2) is 0 Å². The van der Waals surface area contributed by atoms with E-state index in [0.717, 1.165) is 11.4 Å². The van der Waals surface area contributed by atoms with Gasteiger partial charge in [0.25, 0.3) is 0 Å². The number of rotatable bonds is 4. The molecule has 9 aromatic carbocycles. The summed E-state index contributed by atoms with van der Waals surface area (Å²) in [5, 5.41) is 12.8. The first-order valence-corrected chi connectivity index (χ1v) is 20.0. The molecule has 0 aliphatic carbocycles. The Hall–Kier alpha value is -7.82. The maximum absolute atomic E-state index is 2.59. The number of anilines is 3. The summed E-state index contributed by atoms with van der Waals surface area (Å²) < 4.78 is 7.58. The minimum atomic E-state index is 1.13. The van der Waals surface area contributed by atoms with Crippen LogP contribution < -0.4 is 4.90 Å². The van der Waals surface area contributed by atoms with E-state index in [0.29, 0.717) is 0 Å². The highest BCUT2D eigenvalue weighted by Gasteiger charge is 2.29. The fourth-order valence-corrected chi connectivity index (χ4v) is 10.7. The Bertz CT molecular complexity index is 3910. The number of fused-ring (bicyclic) bond motifs is 17. The summed E-state index contributed by atoms with van der Waals surface area (Å²) in [7, 11) is 0. The fraction of sp³-hybridized carbons (Fsp3) is 0. The molecule has 0 N–H and O–H groups in total. The van der Waals surface area contributed by atoms with Gasteiger partial charge in [0.05, 0.1) is 49.8 Å². The average Bonchev–Trinajstić information content (AvgIpc) is 4.08. The second-order valence-electron chi connectivity index (χ2n) is 15.7. The molecule has 14 rings (SSSR count). The molecule has 0 fully saturated rings. The predicted molar refractivity (Wildman–Crippen MR) is 245 cm³/mol. The van der Waals surface area contributed by atoms with Crippen molar-refractivity contribution in [3.8, 4) is 5.69 Å². The summed E-state index contributed by atoms with van der Waals surface area (Å²) in [6, 6.07) is 71.2. The van der Waals surface area contributed by atoms with E-state index in [1.165, 1.54) is 109 Å². The smallest absolute Gasteiger partial charge is 0.0641 e. The molecule has 0 aliphatic heterocycles. The monoisotopic (exact) mass is 736 g/mol. The highest BCUT2D eigenvalue weighted by Crippen LogP contribution is 2.52. The SMILES string of the molecule is c1ccc(N(c2ccccc2)c2ccc3c4c5c6ccccc6n6c5c(cc4n4c5ccccc5c2c34)c2ccc3c(c4ccccc4n3-c3ccccc3)c26)cc1. The van der Waals surface area contributed by atoms with Crippen LogP contribution in [0.15, 0.2) is 194 Å². The second-order valence-corrected chi connectivity index (χ2v) is 15.7. The van der Waals surface area contributed by atoms with Crippen LogP contribution in [0.1, 0.15) is 0 Å². The van der Waals surface area contributed by atoms with Crippen LogP contribution in [0.25, 0.3) is 104 Å². The molecule has 58 heavy (non-hydrogen) atoms. The highest BCUT2D eigenvalue weighted by atomic mass is 15.1. The normalized spacial score (nSPS) is 12.5. The molecule has 0 bridgehead atoms. The van der Waals surface area contributed by atoms with Crippen LogP contribution in [-0.2, 0) is 0 Å². The van der Waals surface area contributed by atoms with Crippen LogP contribution in [-0.4, -0.2) is 13.4 Å². The molecule has 5 aromatic heterocycles. The third-order valence-electron chi connectivity index (χ3n) is 12.8. The predicted octanol–water partition coefficient (Wildman–Crippen LogP) is 14.6. The van der Waals surface area contributed by atoms with Crippen LogP contribution >= 0.6 is 0 Å². The first kappa shape index (κ1) is 30.4. The van der Waals surface area contributed by atoms with Crippen molar-refractivity contribution in [3.63, 3.8) is 0 Å². The van der Waals surface area contributed by atoms with Gasteiger partial charge in [-0.1, -0.05) is 121 Å². The number of benzene rings is 9. The molecule has 0 aliphatic rings. The molecule has 14 aromatic rings. The van der Waals surface area contributed by atoms with Gasteiger partial charge in [0.1, 0.15) is 0 Å². The molecule has 0 atom stereocenters. The minimum absolute atomic E-state index is 1.13. The number of aromatic nitrogens is 3. The van der Waals surface area contributed by atoms with Gasteiger partial charge in [-0.25, -0.2) is 0 Å². The van der Waals surface area contributed by atoms with E-state index in [2.05, 4.69) is 212 Å². The summed E-state index contributed by atoms with van der Waals surface area (Å²) in [5.41, 5.74) is 14.6. The lowest BCUT2D eigenvalue weighted by Gasteiger charge is -2.26. The van der Waals surface area contributed by atoms with Crippen LogP contribution in [0, 0.1) is 0 Å². The first-order valence-electron chi connectivity index (χ1n) is 20.0. The second kappa shape index (κ2) is 10.9. The lowest BCUT2D eigenvalue weighted by atomic mass is 9.99. The topological polar surface area (TPSA) is 17.0 Å². The zero-order valence-electron chi connectivity index (χ0n) is 31.3.